The maximum Gasteiger partial charge on any atom is 0.221 e. The number of aliphatic imine (C=N–C) groups is 1. The summed E-state index contributed by atoms with van der Waals surface area (Å²) < 4.78 is 10.3. The highest BCUT2D eigenvalue weighted by molar-refractivity contribution is 5.80. The summed E-state index contributed by atoms with van der Waals surface area (Å²) >= 11 is 0. The van der Waals surface area contributed by atoms with Gasteiger partial charge in [-0.15, -0.1) is 0 Å². The van der Waals surface area contributed by atoms with E-state index in [1.165, 1.54) is 0 Å². The third kappa shape index (κ3) is 3.03. The fraction of sp³-hybridized carbons (Fsp3) is 0.500. The molecule has 1 aliphatic heterocycles. The minimum absolute atomic E-state index is 0.545. The average molecular weight is 250 g/mol. The maximum absolute atomic E-state index is 5.24. The third-order valence-corrected chi connectivity index (χ3v) is 2.66. The van der Waals surface area contributed by atoms with E-state index < -0.39 is 0 Å². The van der Waals surface area contributed by atoms with Crippen LogP contribution in [0.1, 0.15) is 12.0 Å². The Morgan fingerprint density at radius 2 is 2.22 bits per heavy atom. The standard InChI is InChI=1S/C12H18N4O2/c1-17-10-5-4-9(11(16-10)18-2)8-15-12-13-6-3-7-14-12/h4-5H,3,6-8H2,1-2H3,(H2,13,14,15). The molecule has 2 rings (SSSR count). The van der Waals surface area contributed by atoms with Crippen molar-refractivity contribution in [3.63, 3.8) is 0 Å². The van der Waals surface area contributed by atoms with E-state index in [9.17, 15) is 0 Å². The van der Waals surface area contributed by atoms with E-state index in [0.29, 0.717) is 18.3 Å². The van der Waals surface area contributed by atoms with Crippen molar-refractivity contribution in [2.24, 2.45) is 4.99 Å². The van der Waals surface area contributed by atoms with Crippen LogP contribution in [0.5, 0.6) is 11.8 Å². The Hall–Kier alpha value is -1.98. The van der Waals surface area contributed by atoms with Crippen molar-refractivity contribution in [3.8, 4) is 11.8 Å². The molecule has 0 saturated carbocycles. The van der Waals surface area contributed by atoms with Crippen molar-refractivity contribution in [2.45, 2.75) is 13.0 Å². The van der Waals surface area contributed by atoms with Gasteiger partial charge in [0.2, 0.25) is 11.8 Å². The summed E-state index contributed by atoms with van der Waals surface area (Å²) in [5, 5.41) is 6.43. The van der Waals surface area contributed by atoms with E-state index >= 15 is 0 Å². The molecule has 1 aromatic heterocycles. The van der Waals surface area contributed by atoms with Gasteiger partial charge in [0.15, 0.2) is 5.96 Å². The van der Waals surface area contributed by atoms with E-state index in [2.05, 4.69) is 20.6 Å². The number of nitrogens with zero attached hydrogens (tertiary/aromatic N) is 2. The number of ether oxygens (including phenoxy) is 2. The van der Waals surface area contributed by atoms with Crippen LogP contribution < -0.4 is 20.1 Å². The van der Waals surface area contributed by atoms with E-state index in [4.69, 9.17) is 9.47 Å². The first-order valence-corrected chi connectivity index (χ1v) is 5.93. The highest BCUT2D eigenvalue weighted by Crippen LogP contribution is 2.19. The van der Waals surface area contributed by atoms with Crippen LogP contribution in [0.2, 0.25) is 0 Å². The normalized spacial score (nSPS) is 14.4. The lowest BCUT2D eigenvalue weighted by molar-refractivity contribution is 0.361. The lowest BCUT2D eigenvalue weighted by Gasteiger charge is -2.16. The van der Waals surface area contributed by atoms with E-state index in [-0.39, 0.29) is 0 Å². The van der Waals surface area contributed by atoms with Crippen LogP contribution in [0.4, 0.5) is 0 Å². The molecule has 0 saturated heterocycles. The molecule has 0 amide bonds. The monoisotopic (exact) mass is 250 g/mol. The second-order valence-corrected chi connectivity index (χ2v) is 3.89. The van der Waals surface area contributed by atoms with Crippen molar-refractivity contribution in [2.75, 3.05) is 27.3 Å². The SMILES string of the molecule is COc1ccc(CNC2=NCCCN2)c(OC)n1. The average Bonchev–Trinajstić information content (AvgIpc) is 2.46. The number of aromatic nitrogens is 1. The molecule has 0 fully saturated rings. The van der Waals surface area contributed by atoms with Crippen LogP contribution in [-0.4, -0.2) is 38.3 Å². The number of nitrogens with one attached hydrogen (secondary N) is 2. The topological polar surface area (TPSA) is 67.8 Å². The number of methoxy groups -OCH3 is 2. The van der Waals surface area contributed by atoms with E-state index in [1.54, 1.807) is 14.2 Å². The quantitative estimate of drug-likeness (QED) is 0.816. The lowest BCUT2D eigenvalue weighted by Crippen LogP contribution is -2.40. The molecule has 18 heavy (non-hydrogen) atoms. The van der Waals surface area contributed by atoms with Crippen molar-refractivity contribution in [3.05, 3.63) is 17.7 Å². The fourth-order valence-electron chi connectivity index (χ4n) is 1.71. The summed E-state index contributed by atoms with van der Waals surface area (Å²) in [4.78, 5) is 8.57. The van der Waals surface area contributed by atoms with E-state index in [0.717, 1.165) is 31.0 Å². The van der Waals surface area contributed by atoms with Gasteiger partial charge >= 0.3 is 0 Å². The molecule has 0 atom stereocenters. The van der Waals surface area contributed by atoms with Crippen LogP contribution in [0.25, 0.3) is 0 Å². The first-order chi connectivity index (χ1) is 8.83. The molecule has 0 radical (unpaired) electrons. The van der Waals surface area contributed by atoms with Gasteiger partial charge in [-0.1, -0.05) is 0 Å². The van der Waals surface area contributed by atoms with Gasteiger partial charge in [-0.05, 0) is 12.5 Å². The van der Waals surface area contributed by atoms with Crippen molar-refractivity contribution in [1.82, 2.24) is 15.6 Å². The Balaban J connectivity index is 2.01. The van der Waals surface area contributed by atoms with Gasteiger partial charge in [0.05, 0.1) is 14.2 Å². The lowest BCUT2D eigenvalue weighted by atomic mass is 10.2. The van der Waals surface area contributed by atoms with Crippen LogP contribution in [0.15, 0.2) is 17.1 Å². The first kappa shape index (κ1) is 12.5. The second kappa shape index (κ2) is 6.09. The van der Waals surface area contributed by atoms with Gasteiger partial charge in [0, 0.05) is 31.3 Å². The third-order valence-electron chi connectivity index (χ3n) is 2.66. The van der Waals surface area contributed by atoms with Gasteiger partial charge in [-0.3, -0.25) is 4.99 Å². The summed E-state index contributed by atoms with van der Waals surface area (Å²) in [7, 11) is 3.18. The Morgan fingerprint density at radius 3 is 2.89 bits per heavy atom. The fourth-order valence-corrected chi connectivity index (χ4v) is 1.71. The predicted octanol–water partition coefficient (Wildman–Crippen LogP) is 0.538. The molecule has 6 nitrogen and oxygen atoms in total. The molecule has 0 spiro atoms. The molecule has 6 heteroatoms. The molecule has 2 heterocycles. The first-order valence-electron chi connectivity index (χ1n) is 5.93. The highest BCUT2D eigenvalue weighted by Gasteiger charge is 2.08. The number of hydrogen-bond donors (Lipinski definition) is 2. The van der Waals surface area contributed by atoms with Gasteiger partial charge in [-0.25, -0.2) is 0 Å². The van der Waals surface area contributed by atoms with Gasteiger partial charge in [-0.2, -0.15) is 4.98 Å². The molecule has 0 unspecified atom stereocenters. The van der Waals surface area contributed by atoms with Gasteiger partial charge in [0.25, 0.3) is 0 Å². The van der Waals surface area contributed by atoms with Crippen molar-refractivity contribution < 1.29 is 9.47 Å². The summed E-state index contributed by atoms with van der Waals surface area (Å²) in [5.41, 5.74) is 0.966. The zero-order valence-corrected chi connectivity index (χ0v) is 10.7. The second-order valence-electron chi connectivity index (χ2n) is 3.89. The Morgan fingerprint density at radius 1 is 1.33 bits per heavy atom. The Labute approximate surface area is 106 Å². The van der Waals surface area contributed by atoms with Crippen LogP contribution in [0.3, 0.4) is 0 Å². The summed E-state index contributed by atoms with van der Waals surface area (Å²) in [5.74, 6) is 1.95. The minimum atomic E-state index is 0.545. The zero-order chi connectivity index (χ0) is 12.8. The predicted molar refractivity (Wildman–Crippen MR) is 69.1 cm³/mol. The molecular weight excluding hydrogens is 232 g/mol. The molecule has 0 bridgehead atoms. The smallest absolute Gasteiger partial charge is 0.221 e. The van der Waals surface area contributed by atoms with Gasteiger partial charge < -0.3 is 20.1 Å². The van der Waals surface area contributed by atoms with Crippen molar-refractivity contribution in [1.29, 1.82) is 0 Å². The molecule has 2 N–H and O–H groups in total. The molecule has 0 aromatic carbocycles. The summed E-state index contributed by atoms with van der Waals surface area (Å²) in [6, 6.07) is 3.75. The van der Waals surface area contributed by atoms with E-state index in [1.807, 2.05) is 12.1 Å². The van der Waals surface area contributed by atoms with Gasteiger partial charge in [0.1, 0.15) is 0 Å². The molecule has 1 aliphatic rings. The highest BCUT2D eigenvalue weighted by atomic mass is 16.5. The Kier molecular flexibility index (Phi) is 4.22. The molecular formula is C12H18N4O2. The molecule has 98 valence electrons. The van der Waals surface area contributed by atoms with Crippen LogP contribution in [0, 0.1) is 0 Å². The number of guanidine groups is 1. The Bertz CT molecular complexity index is 434. The molecule has 0 aliphatic carbocycles. The van der Waals surface area contributed by atoms with Crippen molar-refractivity contribution >= 4 is 5.96 Å². The minimum Gasteiger partial charge on any atom is -0.481 e. The largest absolute Gasteiger partial charge is 0.481 e. The summed E-state index contributed by atoms with van der Waals surface area (Å²) in [6.45, 7) is 2.45. The van der Waals surface area contributed by atoms with Crippen LogP contribution in [-0.2, 0) is 6.54 Å². The number of hydrogen-bond acceptors (Lipinski definition) is 6. The maximum atomic E-state index is 5.24. The molecule has 1 aromatic rings. The number of pyridine rings is 1. The number of rotatable bonds is 4. The summed E-state index contributed by atoms with van der Waals surface area (Å²) in [6.07, 6.45) is 1.08. The zero-order valence-electron chi connectivity index (χ0n) is 10.7. The van der Waals surface area contributed by atoms with Crippen LogP contribution >= 0.6 is 0 Å².